The Balaban J connectivity index is 1.62. The quantitative estimate of drug-likeness (QED) is 0.600. The van der Waals surface area contributed by atoms with Gasteiger partial charge in [0.05, 0.1) is 4.90 Å². The van der Waals surface area contributed by atoms with Crippen molar-refractivity contribution in [3.05, 3.63) is 77.9 Å². The predicted octanol–water partition coefficient (Wildman–Crippen LogP) is 4.99. The van der Waals surface area contributed by atoms with Crippen LogP contribution in [0.25, 0.3) is 10.8 Å². The summed E-state index contributed by atoms with van der Waals surface area (Å²) in [6.07, 6.45) is 0.426. The van der Waals surface area contributed by atoms with E-state index in [4.69, 9.17) is 0 Å². The summed E-state index contributed by atoms with van der Waals surface area (Å²) in [4.78, 5) is 0.283. The van der Waals surface area contributed by atoms with E-state index < -0.39 is 21.7 Å². The monoisotopic (exact) mass is 419 g/mol. The zero-order chi connectivity index (χ0) is 19.7. The van der Waals surface area contributed by atoms with Crippen molar-refractivity contribution in [2.75, 3.05) is 18.8 Å². The van der Waals surface area contributed by atoms with Crippen molar-refractivity contribution in [3.63, 3.8) is 0 Å². The van der Waals surface area contributed by atoms with Gasteiger partial charge in [-0.3, -0.25) is 0 Å². The second kappa shape index (κ2) is 7.81. The van der Waals surface area contributed by atoms with E-state index in [0.717, 1.165) is 17.5 Å². The smallest absolute Gasteiger partial charge is 0.207 e. The number of fused-ring (bicyclic) bond motifs is 1. The van der Waals surface area contributed by atoms with E-state index in [0.29, 0.717) is 29.7 Å². The third-order valence-electron chi connectivity index (χ3n) is 4.97. The van der Waals surface area contributed by atoms with Gasteiger partial charge >= 0.3 is 0 Å². The van der Waals surface area contributed by atoms with E-state index in [1.54, 1.807) is 18.2 Å². The van der Waals surface area contributed by atoms with Gasteiger partial charge in [-0.1, -0.05) is 36.4 Å². The van der Waals surface area contributed by atoms with Crippen LogP contribution in [0, 0.1) is 11.6 Å². The number of nitrogens with zero attached hydrogens (tertiary/aromatic N) is 1. The van der Waals surface area contributed by atoms with Crippen LogP contribution in [-0.2, 0) is 10.0 Å². The first-order valence-corrected chi connectivity index (χ1v) is 11.5. The molecule has 1 fully saturated rings. The Morgan fingerprint density at radius 2 is 1.75 bits per heavy atom. The van der Waals surface area contributed by atoms with Crippen LogP contribution >= 0.6 is 11.8 Å². The zero-order valence-corrected chi connectivity index (χ0v) is 16.6. The van der Waals surface area contributed by atoms with Gasteiger partial charge in [0.25, 0.3) is 0 Å². The van der Waals surface area contributed by atoms with Gasteiger partial charge < -0.3 is 0 Å². The van der Waals surface area contributed by atoms with Gasteiger partial charge in [0.2, 0.25) is 10.0 Å². The molecular formula is C21H19F2NO2S2. The molecule has 0 aliphatic carbocycles. The van der Waals surface area contributed by atoms with Gasteiger partial charge in [-0.05, 0) is 36.1 Å². The number of sulfonamides is 1. The second-order valence-electron chi connectivity index (χ2n) is 6.70. The van der Waals surface area contributed by atoms with Crippen molar-refractivity contribution in [2.45, 2.75) is 16.6 Å². The van der Waals surface area contributed by atoms with E-state index >= 15 is 0 Å². The molecule has 7 heteroatoms. The first-order valence-electron chi connectivity index (χ1n) is 9.01. The number of rotatable bonds is 3. The van der Waals surface area contributed by atoms with Crippen molar-refractivity contribution in [1.82, 2.24) is 4.31 Å². The normalized spacial score (nSPS) is 18.9. The fourth-order valence-electron chi connectivity index (χ4n) is 3.56. The number of benzene rings is 3. The molecule has 0 amide bonds. The van der Waals surface area contributed by atoms with Crippen molar-refractivity contribution < 1.29 is 17.2 Å². The average Bonchev–Trinajstić information content (AvgIpc) is 2.96. The molecule has 1 atom stereocenters. The Labute approximate surface area is 167 Å². The largest absolute Gasteiger partial charge is 0.243 e. The molecule has 1 heterocycles. The highest BCUT2D eigenvalue weighted by Gasteiger charge is 2.30. The van der Waals surface area contributed by atoms with Crippen molar-refractivity contribution in [3.8, 4) is 0 Å². The van der Waals surface area contributed by atoms with Crippen LogP contribution in [-0.4, -0.2) is 31.6 Å². The Bertz CT molecular complexity index is 1110. The van der Waals surface area contributed by atoms with E-state index in [-0.39, 0.29) is 16.7 Å². The van der Waals surface area contributed by atoms with Gasteiger partial charge in [-0.25, -0.2) is 17.2 Å². The molecule has 0 N–H and O–H groups in total. The summed E-state index contributed by atoms with van der Waals surface area (Å²) < 4.78 is 55.8. The van der Waals surface area contributed by atoms with E-state index in [1.165, 1.54) is 22.1 Å². The van der Waals surface area contributed by atoms with Gasteiger partial charge in [0.1, 0.15) is 11.6 Å². The summed E-state index contributed by atoms with van der Waals surface area (Å²) in [6.45, 7) is 0.600. The van der Waals surface area contributed by atoms with E-state index in [9.17, 15) is 17.2 Å². The van der Waals surface area contributed by atoms with E-state index in [1.807, 2.05) is 24.3 Å². The van der Waals surface area contributed by atoms with Crippen molar-refractivity contribution in [1.29, 1.82) is 0 Å². The minimum atomic E-state index is -3.68. The fraction of sp³-hybridized carbons (Fsp3) is 0.238. The summed E-state index contributed by atoms with van der Waals surface area (Å²) in [5.41, 5.74) is 0.300. The summed E-state index contributed by atoms with van der Waals surface area (Å²) in [6, 6.07) is 16.1. The lowest BCUT2D eigenvalue weighted by molar-refractivity contribution is 0.427. The first kappa shape index (κ1) is 19.4. The third kappa shape index (κ3) is 3.66. The number of thioether (sulfide) groups is 1. The second-order valence-corrected chi connectivity index (χ2v) is 9.91. The maximum Gasteiger partial charge on any atom is 0.243 e. The molecule has 28 heavy (non-hydrogen) atoms. The molecule has 0 spiro atoms. The fourth-order valence-corrected chi connectivity index (χ4v) is 6.59. The highest BCUT2D eigenvalue weighted by molar-refractivity contribution is 7.99. The molecule has 0 aromatic heterocycles. The maximum absolute atomic E-state index is 14.1. The van der Waals surface area contributed by atoms with Crippen LogP contribution in [0.5, 0.6) is 0 Å². The summed E-state index contributed by atoms with van der Waals surface area (Å²) in [7, 11) is -3.68. The minimum Gasteiger partial charge on any atom is -0.207 e. The molecule has 1 saturated heterocycles. The maximum atomic E-state index is 14.1. The highest BCUT2D eigenvalue weighted by atomic mass is 32.2. The van der Waals surface area contributed by atoms with Crippen LogP contribution in [0.1, 0.15) is 17.2 Å². The molecule has 0 radical (unpaired) electrons. The van der Waals surface area contributed by atoms with Crippen molar-refractivity contribution in [2.24, 2.45) is 0 Å². The standard InChI is InChI=1S/C21H19F2NO2S2/c22-16-8-9-19(23)18(14-16)20-10-11-24(12-13-27-20)28(25,26)21-7-3-5-15-4-1-2-6-17(15)21/h1-9,14,20H,10-13H2. The summed E-state index contributed by atoms with van der Waals surface area (Å²) >= 11 is 1.47. The first-order chi connectivity index (χ1) is 13.5. The molecule has 1 aliphatic rings. The zero-order valence-electron chi connectivity index (χ0n) is 15.0. The van der Waals surface area contributed by atoms with Crippen LogP contribution in [0.3, 0.4) is 0 Å². The molecule has 0 bridgehead atoms. The molecule has 1 aliphatic heterocycles. The topological polar surface area (TPSA) is 37.4 Å². The van der Waals surface area contributed by atoms with Crippen molar-refractivity contribution >= 4 is 32.6 Å². The average molecular weight is 420 g/mol. The van der Waals surface area contributed by atoms with Gasteiger partial charge in [-0.15, -0.1) is 0 Å². The van der Waals surface area contributed by atoms with Crippen LogP contribution < -0.4 is 0 Å². The molecule has 4 rings (SSSR count). The molecule has 3 nitrogen and oxygen atoms in total. The van der Waals surface area contributed by atoms with E-state index in [2.05, 4.69) is 0 Å². The molecule has 3 aromatic carbocycles. The molecule has 3 aromatic rings. The van der Waals surface area contributed by atoms with Crippen LogP contribution in [0.2, 0.25) is 0 Å². The Morgan fingerprint density at radius 1 is 0.964 bits per heavy atom. The van der Waals surface area contributed by atoms with Crippen LogP contribution in [0.4, 0.5) is 8.78 Å². The Morgan fingerprint density at radius 3 is 2.61 bits per heavy atom. The van der Waals surface area contributed by atoms with Gasteiger partial charge in [-0.2, -0.15) is 16.1 Å². The molecule has 146 valence electrons. The number of hydrogen-bond acceptors (Lipinski definition) is 3. The summed E-state index contributed by atoms with van der Waals surface area (Å²) in [5.74, 6) is -0.421. The summed E-state index contributed by atoms with van der Waals surface area (Å²) in [5, 5.41) is 1.28. The Hall–Kier alpha value is -1.96. The molecule has 0 saturated carbocycles. The van der Waals surface area contributed by atoms with Crippen LogP contribution in [0.15, 0.2) is 65.6 Å². The van der Waals surface area contributed by atoms with Gasteiger partial charge in [0, 0.05) is 35.0 Å². The number of hydrogen-bond donors (Lipinski definition) is 0. The lowest BCUT2D eigenvalue weighted by Gasteiger charge is -2.21. The SMILES string of the molecule is O=S(=O)(c1cccc2ccccc12)N1CCSC(c2cc(F)ccc2F)CC1. The third-order valence-corrected chi connectivity index (χ3v) is 8.24. The van der Waals surface area contributed by atoms with Gasteiger partial charge in [0.15, 0.2) is 0 Å². The minimum absolute atomic E-state index is 0.263. The molecule has 1 unspecified atom stereocenters. The lowest BCUT2D eigenvalue weighted by Crippen LogP contribution is -2.33. The highest BCUT2D eigenvalue weighted by Crippen LogP contribution is 2.37. The molecular weight excluding hydrogens is 400 g/mol. The number of halogens is 2. The predicted molar refractivity (Wildman–Crippen MR) is 109 cm³/mol. The Kier molecular flexibility index (Phi) is 5.40. The lowest BCUT2D eigenvalue weighted by atomic mass is 10.1.